The minimum absolute atomic E-state index is 0.123. The Balaban J connectivity index is 2.07. The van der Waals surface area contributed by atoms with E-state index in [1.54, 1.807) is 7.11 Å². The Labute approximate surface area is 185 Å². The Morgan fingerprint density at radius 1 is 1.26 bits per heavy atom. The maximum absolute atomic E-state index is 12.6. The Kier molecular flexibility index (Phi) is 9.32. The second-order valence-corrected chi connectivity index (χ2v) is 8.42. The van der Waals surface area contributed by atoms with Gasteiger partial charge in [-0.25, -0.2) is 4.79 Å². The van der Waals surface area contributed by atoms with Crippen molar-refractivity contribution in [1.29, 1.82) is 5.26 Å². The van der Waals surface area contributed by atoms with Crippen molar-refractivity contribution < 1.29 is 19.1 Å². The average molecular weight is 430 g/mol. The molecular weight excluding hydrogens is 394 g/mol. The summed E-state index contributed by atoms with van der Waals surface area (Å²) >= 11 is 0. The predicted octanol–water partition coefficient (Wildman–Crippen LogP) is 3.99. The zero-order valence-electron chi connectivity index (χ0n) is 19.4. The van der Waals surface area contributed by atoms with Gasteiger partial charge in [0.1, 0.15) is 11.6 Å². The summed E-state index contributed by atoms with van der Waals surface area (Å²) in [5.41, 5.74) is 2.58. The first kappa shape index (κ1) is 24.7. The summed E-state index contributed by atoms with van der Waals surface area (Å²) in [7, 11) is 1.66. The summed E-state index contributed by atoms with van der Waals surface area (Å²) in [6, 6.07) is 4.09. The molecule has 7 nitrogen and oxygen atoms in total. The lowest BCUT2D eigenvalue weighted by Gasteiger charge is -2.19. The topological polar surface area (TPSA) is 93.3 Å². The minimum Gasteiger partial charge on any atom is -0.448 e. The largest absolute Gasteiger partial charge is 0.448 e. The standard InChI is InChI=1S/C24H35N3O4/c1-16-12-20(18(3)27(16)17(2)15-30-5)13-21(14-25)24(29)31-19(4)23(28)26-22-10-8-6-7-9-11-22/h12-13,17,19,22H,6-11,15H2,1-5H3,(H,26,28)/b21-13+/t17-,19-/m0/s1. The van der Waals surface area contributed by atoms with Crippen LogP contribution in [0.1, 0.15) is 75.4 Å². The highest BCUT2D eigenvalue weighted by atomic mass is 16.5. The molecule has 1 amide bonds. The van der Waals surface area contributed by atoms with Crippen LogP contribution in [0.2, 0.25) is 0 Å². The SMILES string of the molecule is COC[C@H](C)n1c(C)cc(/C=C(\C#N)C(=O)O[C@@H](C)C(=O)NC2CCCCCC2)c1C. The van der Waals surface area contributed by atoms with Crippen LogP contribution < -0.4 is 5.32 Å². The number of aromatic nitrogens is 1. The molecule has 1 N–H and O–H groups in total. The van der Waals surface area contributed by atoms with Crippen LogP contribution >= 0.6 is 0 Å². The van der Waals surface area contributed by atoms with Gasteiger partial charge >= 0.3 is 5.97 Å². The van der Waals surface area contributed by atoms with Crippen LogP contribution in [0.15, 0.2) is 11.6 Å². The molecule has 0 aromatic carbocycles. The van der Waals surface area contributed by atoms with Crippen molar-refractivity contribution in [2.75, 3.05) is 13.7 Å². The number of carbonyl (C=O) groups excluding carboxylic acids is 2. The molecule has 0 spiro atoms. The van der Waals surface area contributed by atoms with Crippen LogP contribution in [0.25, 0.3) is 6.08 Å². The first-order chi connectivity index (χ1) is 14.8. The number of nitrogens with one attached hydrogen (secondary N) is 1. The van der Waals surface area contributed by atoms with Crippen LogP contribution in [0.3, 0.4) is 0 Å². The zero-order chi connectivity index (χ0) is 23.0. The third-order valence-corrected chi connectivity index (χ3v) is 5.87. The Bertz CT molecular complexity index is 842. The van der Waals surface area contributed by atoms with Crippen molar-refractivity contribution in [3.8, 4) is 6.07 Å². The fourth-order valence-electron chi connectivity index (χ4n) is 4.25. The Hall–Kier alpha value is -2.59. The van der Waals surface area contributed by atoms with Gasteiger partial charge in [-0.3, -0.25) is 4.79 Å². The second-order valence-electron chi connectivity index (χ2n) is 8.42. The molecule has 0 radical (unpaired) electrons. The number of nitrogens with zero attached hydrogens (tertiary/aromatic N) is 2. The number of nitriles is 1. The summed E-state index contributed by atoms with van der Waals surface area (Å²) in [6.07, 6.45) is 7.05. The van der Waals surface area contributed by atoms with Crippen LogP contribution in [0.5, 0.6) is 0 Å². The lowest BCUT2D eigenvalue weighted by molar-refractivity contribution is -0.151. The first-order valence-corrected chi connectivity index (χ1v) is 11.1. The fourth-order valence-corrected chi connectivity index (χ4v) is 4.25. The van der Waals surface area contributed by atoms with Crippen molar-refractivity contribution >= 4 is 18.0 Å². The first-order valence-electron chi connectivity index (χ1n) is 11.1. The molecule has 2 rings (SSSR count). The third kappa shape index (κ3) is 6.70. The molecule has 7 heteroatoms. The van der Waals surface area contributed by atoms with E-state index in [0.717, 1.165) is 42.6 Å². The van der Waals surface area contributed by atoms with E-state index in [0.29, 0.717) is 6.61 Å². The molecular formula is C24H35N3O4. The van der Waals surface area contributed by atoms with Gasteiger partial charge in [-0.2, -0.15) is 5.26 Å². The van der Waals surface area contributed by atoms with E-state index in [1.807, 2.05) is 32.9 Å². The van der Waals surface area contributed by atoms with E-state index < -0.39 is 12.1 Å². The van der Waals surface area contributed by atoms with Gasteiger partial charge < -0.3 is 19.4 Å². The number of esters is 1. The number of carbonyl (C=O) groups is 2. The molecule has 170 valence electrons. The van der Waals surface area contributed by atoms with Crippen LogP contribution in [-0.4, -0.2) is 42.3 Å². The molecule has 0 aliphatic heterocycles. The molecule has 1 aliphatic carbocycles. The van der Waals surface area contributed by atoms with Gasteiger partial charge in [-0.05, 0) is 58.2 Å². The summed E-state index contributed by atoms with van der Waals surface area (Å²) in [5, 5.41) is 12.5. The molecule has 1 aliphatic rings. The minimum atomic E-state index is -0.957. The highest BCUT2D eigenvalue weighted by molar-refractivity contribution is 5.99. The molecule has 1 saturated carbocycles. The summed E-state index contributed by atoms with van der Waals surface area (Å²) in [6.45, 7) is 8.05. The maximum atomic E-state index is 12.6. The van der Waals surface area contributed by atoms with Gasteiger partial charge in [0, 0.05) is 24.5 Å². The molecule has 1 aromatic rings. The van der Waals surface area contributed by atoms with Gasteiger partial charge in [0.05, 0.1) is 12.6 Å². The van der Waals surface area contributed by atoms with Crippen molar-refractivity contribution in [3.05, 3.63) is 28.6 Å². The van der Waals surface area contributed by atoms with Crippen LogP contribution in [0, 0.1) is 25.2 Å². The quantitative estimate of drug-likeness (QED) is 0.292. The van der Waals surface area contributed by atoms with E-state index in [9.17, 15) is 14.9 Å². The van der Waals surface area contributed by atoms with Gasteiger partial charge in [-0.1, -0.05) is 25.7 Å². The summed E-state index contributed by atoms with van der Waals surface area (Å²) in [5.74, 6) is -1.11. The molecule has 1 aromatic heterocycles. The van der Waals surface area contributed by atoms with Crippen molar-refractivity contribution in [1.82, 2.24) is 9.88 Å². The molecule has 1 fully saturated rings. The summed E-state index contributed by atoms with van der Waals surface area (Å²) < 4.78 is 12.7. The highest BCUT2D eigenvalue weighted by Gasteiger charge is 2.24. The molecule has 0 unspecified atom stereocenters. The predicted molar refractivity (Wildman–Crippen MR) is 119 cm³/mol. The zero-order valence-corrected chi connectivity index (χ0v) is 19.4. The van der Waals surface area contributed by atoms with Gasteiger partial charge in [0.25, 0.3) is 5.91 Å². The number of rotatable bonds is 8. The average Bonchev–Trinajstić information content (AvgIpc) is 2.88. The Morgan fingerprint density at radius 3 is 2.48 bits per heavy atom. The van der Waals surface area contributed by atoms with E-state index in [-0.39, 0.29) is 23.6 Å². The number of methoxy groups -OCH3 is 1. The van der Waals surface area contributed by atoms with E-state index in [1.165, 1.54) is 25.8 Å². The number of hydrogen-bond acceptors (Lipinski definition) is 5. The van der Waals surface area contributed by atoms with E-state index >= 15 is 0 Å². The lowest BCUT2D eigenvalue weighted by atomic mass is 10.1. The number of aryl methyl sites for hydroxylation is 1. The third-order valence-electron chi connectivity index (χ3n) is 5.87. The van der Waals surface area contributed by atoms with Crippen molar-refractivity contribution in [3.63, 3.8) is 0 Å². The smallest absolute Gasteiger partial charge is 0.349 e. The molecule has 2 atom stereocenters. The summed E-state index contributed by atoms with van der Waals surface area (Å²) in [4.78, 5) is 25.0. The molecule has 0 saturated heterocycles. The Morgan fingerprint density at radius 2 is 1.90 bits per heavy atom. The number of ether oxygens (including phenoxy) is 2. The lowest BCUT2D eigenvalue weighted by Crippen LogP contribution is -2.42. The van der Waals surface area contributed by atoms with Gasteiger partial charge in [0.2, 0.25) is 0 Å². The fraction of sp³-hybridized carbons (Fsp3) is 0.625. The second kappa shape index (κ2) is 11.7. The van der Waals surface area contributed by atoms with Crippen molar-refractivity contribution in [2.24, 2.45) is 0 Å². The normalized spacial score (nSPS) is 17.4. The monoisotopic (exact) mass is 429 g/mol. The van der Waals surface area contributed by atoms with Gasteiger partial charge in [0.15, 0.2) is 6.10 Å². The molecule has 0 bridgehead atoms. The van der Waals surface area contributed by atoms with Gasteiger partial charge in [-0.15, -0.1) is 0 Å². The van der Waals surface area contributed by atoms with Crippen LogP contribution in [0.4, 0.5) is 0 Å². The molecule has 1 heterocycles. The number of amides is 1. The van der Waals surface area contributed by atoms with Crippen LogP contribution in [-0.2, 0) is 19.1 Å². The van der Waals surface area contributed by atoms with E-state index in [2.05, 4.69) is 9.88 Å². The van der Waals surface area contributed by atoms with Crippen molar-refractivity contribution in [2.45, 2.75) is 84.4 Å². The number of hydrogen-bond donors (Lipinski definition) is 1. The molecule has 31 heavy (non-hydrogen) atoms. The maximum Gasteiger partial charge on any atom is 0.349 e. The highest BCUT2D eigenvalue weighted by Crippen LogP contribution is 2.23. The van der Waals surface area contributed by atoms with E-state index in [4.69, 9.17) is 9.47 Å².